The molecule has 0 amide bonds. The molecule has 0 unspecified atom stereocenters. The van der Waals surface area contributed by atoms with E-state index in [0.717, 1.165) is 18.7 Å². The summed E-state index contributed by atoms with van der Waals surface area (Å²) in [5.41, 5.74) is 2.66. The van der Waals surface area contributed by atoms with Crippen LogP contribution in [0.25, 0.3) is 0 Å². The zero-order chi connectivity index (χ0) is 22.2. The Hall–Kier alpha value is -2.62. The lowest BCUT2D eigenvalue weighted by atomic mass is 10.1. The molecule has 2 aliphatic heterocycles. The summed E-state index contributed by atoms with van der Waals surface area (Å²) in [6, 6.07) is 9.74. The molecule has 32 heavy (non-hydrogen) atoms. The smallest absolute Gasteiger partial charge is 0.254 e. The van der Waals surface area contributed by atoms with Crippen LogP contribution in [0.4, 0.5) is 15.9 Å². The first-order valence-corrected chi connectivity index (χ1v) is 11.1. The second-order valence-corrected chi connectivity index (χ2v) is 7.91. The number of pyridine rings is 1. The maximum atomic E-state index is 15.3. The number of hydrogen-bond donors (Lipinski definition) is 0. The summed E-state index contributed by atoms with van der Waals surface area (Å²) in [7, 11) is 0. The predicted molar refractivity (Wildman–Crippen MR) is 119 cm³/mol. The van der Waals surface area contributed by atoms with E-state index in [-0.39, 0.29) is 5.88 Å². The van der Waals surface area contributed by atoms with Gasteiger partial charge < -0.3 is 19.1 Å². The number of rotatable bonds is 8. The summed E-state index contributed by atoms with van der Waals surface area (Å²) in [6.07, 6.45) is 0. The van der Waals surface area contributed by atoms with E-state index in [2.05, 4.69) is 26.2 Å². The Morgan fingerprint density at radius 3 is 2.56 bits per heavy atom. The molecule has 2 fully saturated rings. The monoisotopic (exact) mass is 443 g/mol. The number of anilines is 1. The summed E-state index contributed by atoms with van der Waals surface area (Å²) < 4.78 is 31.8. The van der Waals surface area contributed by atoms with Gasteiger partial charge in [0.25, 0.3) is 5.88 Å². The zero-order valence-corrected chi connectivity index (χ0v) is 18.5. The molecule has 0 spiro atoms. The first-order valence-electron chi connectivity index (χ1n) is 11.1. The number of morpholine rings is 2. The topological polar surface area (TPSA) is 71.8 Å². The molecule has 2 aliphatic rings. The van der Waals surface area contributed by atoms with Crippen LogP contribution in [-0.4, -0.2) is 75.6 Å². The van der Waals surface area contributed by atoms with E-state index in [0.29, 0.717) is 70.7 Å². The highest BCUT2D eigenvalue weighted by molar-refractivity contribution is 5.56. The van der Waals surface area contributed by atoms with Crippen LogP contribution in [0.5, 0.6) is 5.88 Å². The SMILES string of the molecule is Cc1cccc(CN=Nc2cc(N3CCOCC3)c(F)c(OCCN3CCOCC3)n2)c1. The fourth-order valence-corrected chi connectivity index (χ4v) is 3.76. The number of nitrogens with zero attached hydrogens (tertiary/aromatic N) is 5. The van der Waals surface area contributed by atoms with Gasteiger partial charge in [-0.15, -0.1) is 5.11 Å². The second-order valence-electron chi connectivity index (χ2n) is 7.91. The molecule has 0 N–H and O–H groups in total. The fraction of sp³-hybridized carbons (Fsp3) is 0.522. The van der Waals surface area contributed by atoms with Gasteiger partial charge in [0.05, 0.1) is 38.7 Å². The lowest BCUT2D eigenvalue weighted by molar-refractivity contribution is 0.0317. The van der Waals surface area contributed by atoms with Crippen LogP contribution in [0.3, 0.4) is 0 Å². The van der Waals surface area contributed by atoms with Crippen molar-refractivity contribution in [3.63, 3.8) is 0 Å². The Morgan fingerprint density at radius 2 is 1.81 bits per heavy atom. The first kappa shape index (κ1) is 22.6. The molecule has 0 saturated carbocycles. The van der Waals surface area contributed by atoms with Crippen LogP contribution >= 0.6 is 0 Å². The van der Waals surface area contributed by atoms with Crippen molar-refractivity contribution in [2.24, 2.45) is 10.2 Å². The summed E-state index contributed by atoms with van der Waals surface area (Å²) in [5, 5.41) is 8.55. The van der Waals surface area contributed by atoms with E-state index in [1.165, 1.54) is 5.56 Å². The third kappa shape index (κ3) is 6.21. The number of azo groups is 1. The van der Waals surface area contributed by atoms with Crippen LogP contribution < -0.4 is 9.64 Å². The highest BCUT2D eigenvalue weighted by Crippen LogP contribution is 2.31. The van der Waals surface area contributed by atoms with Crippen molar-refractivity contribution in [3.8, 4) is 5.88 Å². The molecular formula is C23H30FN5O3. The lowest BCUT2D eigenvalue weighted by Gasteiger charge is -2.29. The minimum atomic E-state index is -0.466. The number of aryl methyl sites for hydroxylation is 1. The maximum Gasteiger partial charge on any atom is 0.254 e. The number of hydrogen-bond acceptors (Lipinski definition) is 8. The second kappa shape index (κ2) is 11.3. The van der Waals surface area contributed by atoms with Crippen LogP contribution in [0.15, 0.2) is 40.6 Å². The van der Waals surface area contributed by atoms with E-state index in [1.54, 1.807) is 6.07 Å². The summed E-state index contributed by atoms with van der Waals surface area (Å²) >= 11 is 0. The molecule has 2 saturated heterocycles. The summed E-state index contributed by atoms with van der Waals surface area (Å²) in [5.74, 6) is -0.166. The van der Waals surface area contributed by atoms with E-state index in [1.807, 2.05) is 30.0 Å². The van der Waals surface area contributed by atoms with E-state index in [9.17, 15) is 0 Å². The number of aromatic nitrogens is 1. The van der Waals surface area contributed by atoms with Crippen molar-refractivity contribution in [1.82, 2.24) is 9.88 Å². The molecule has 0 atom stereocenters. The molecule has 8 nitrogen and oxygen atoms in total. The normalized spacial score (nSPS) is 17.8. The first-order chi connectivity index (χ1) is 15.7. The molecule has 0 bridgehead atoms. The molecule has 172 valence electrons. The Morgan fingerprint density at radius 1 is 1.06 bits per heavy atom. The van der Waals surface area contributed by atoms with Crippen LogP contribution in [0.1, 0.15) is 11.1 Å². The highest BCUT2D eigenvalue weighted by atomic mass is 19.1. The van der Waals surface area contributed by atoms with Gasteiger partial charge in [-0.1, -0.05) is 29.8 Å². The summed E-state index contributed by atoms with van der Waals surface area (Å²) in [4.78, 5) is 8.47. The number of ether oxygens (including phenoxy) is 3. The van der Waals surface area contributed by atoms with Gasteiger partial charge in [-0.2, -0.15) is 14.5 Å². The lowest BCUT2D eigenvalue weighted by Crippen LogP contribution is -2.38. The highest BCUT2D eigenvalue weighted by Gasteiger charge is 2.21. The zero-order valence-electron chi connectivity index (χ0n) is 18.5. The minimum absolute atomic E-state index is 0.0354. The Kier molecular flexibility index (Phi) is 7.97. The van der Waals surface area contributed by atoms with Crippen molar-refractivity contribution >= 4 is 11.5 Å². The number of benzene rings is 1. The molecule has 4 rings (SSSR count). The van der Waals surface area contributed by atoms with Crippen molar-refractivity contribution in [2.75, 3.05) is 70.7 Å². The fourth-order valence-electron chi connectivity index (χ4n) is 3.76. The van der Waals surface area contributed by atoms with Gasteiger partial charge in [-0.3, -0.25) is 4.90 Å². The average Bonchev–Trinajstić information content (AvgIpc) is 2.82. The van der Waals surface area contributed by atoms with Crippen molar-refractivity contribution in [2.45, 2.75) is 13.5 Å². The molecular weight excluding hydrogens is 413 g/mol. The minimum Gasteiger partial charge on any atom is -0.474 e. The van der Waals surface area contributed by atoms with Gasteiger partial charge in [0.1, 0.15) is 6.61 Å². The van der Waals surface area contributed by atoms with Crippen LogP contribution in [-0.2, 0) is 16.0 Å². The van der Waals surface area contributed by atoms with Crippen LogP contribution in [0, 0.1) is 12.7 Å². The quantitative estimate of drug-likeness (QED) is 0.583. The number of halogens is 1. The molecule has 2 aromatic rings. The maximum absolute atomic E-state index is 15.3. The van der Waals surface area contributed by atoms with E-state index in [4.69, 9.17) is 14.2 Å². The third-order valence-electron chi connectivity index (χ3n) is 5.51. The molecule has 0 radical (unpaired) electrons. The van der Waals surface area contributed by atoms with Gasteiger partial charge in [-0.25, -0.2) is 0 Å². The van der Waals surface area contributed by atoms with E-state index >= 15 is 4.39 Å². The van der Waals surface area contributed by atoms with Crippen molar-refractivity contribution in [3.05, 3.63) is 47.3 Å². The Bertz CT molecular complexity index is 915. The van der Waals surface area contributed by atoms with E-state index < -0.39 is 5.82 Å². The van der Waals surface area contributed by atoms with Crippen molar-refractivity contribution < 1.29 is 18.6 Å². The Balaban J connectivity index is 1.48. The van der Waals surface area contributed by atoms with Gasteiger partial charge in [-0.05, 0) is 12.5 Å². The standard InChI is InChI=1S/C23H30FN5O3/c1-18-3-2-4-19(15-18)17-25-27-21-16-20(29-8-12-31-13-9-29)22(24)23(26-21)32-14-7-28-5-10-30-11-6-28/h2-4,15-16H,5-14,17H2,1H3. The van der Waals surface area contributed by atoms with Crippen molar-refractivity contribution in [1.29, 1.82) is 0 Å². The third-order valence-corrected chi connectivity index (χ3v) is 5.51. The molecule has 0 aliphatic carbocycles. The molecule has 9 heteroatoms. The van der Waals surface area contributed by atoms with Crippen LogP contribution in [0.2, 0.25) is 0 Å². The van der Waals surface area contributed by atoms with Gasteiger partial charge in [0.15, 0.2) is 5.82 Å². The molecule has 3 heterocycles. The molecule has 1 aromatic heterocycles. The van der Waals surface area contributed by atoms with Gasteiger partial charge in [0, 0.05) is 38.8 Å². The Labute approximate surface area is 188 Å². The predicted octanol–water partition coefficient (Wildman–Crippen LogP) is 3.36. The average molecular weight is 444 g/mol. The molecule has 1 aromatic carbocycles. The summed E-state index contributed by atoms with van der Waals surface area (Å²) in [6.45, 7) is 8.96. The van der Waals surface area contributed by atoms with Gasteiger partial charge in [0.2, 0.25) is 5.82 Å². The van der Waals surface area contributed by atoms with Gasteiger partial charge >= 0.3 is 0 Å². The largest absolute Gasteiger partial charge is 0.474 e.